The van der Waals surface area contributed by atoms with Gasteiger partial charge in [0.05, 0.1) is 30.4 Å². The van der Waals surface area contributed by atoms with Crippen LogP contribution in [-0.4, -0.2) is 67.7 Å². The molecule has 0 rings (SSSR count). The second-order valence-electron chi connectivity index (χ2n) is 2.90. The number of carbonyl (C=O) groups is 5. The standard InChI is InChI=1S/5C2H5NO2.Ti/c5*3-1-2(4)5;/h5*1,3H2,(H,4,5);/q;;;;;+4/p-4. The summed E-state index contributed by atoms with van der Waals surface area (Å²) in [5.41, 5.74) is 22.6. The Bertz CT molecular complexity index is 302. The van der Waals surface area contributed by atoms with Gasteiger partial charge in [-0.05, 0) is 0 Å². The van der Waals surface area contributed by atoms with Gasteiger partial charge in [0.15, 0.2) is 0 Å². The number of hydrogen-bond acceptors (Lipinski definition) is 14. The quantitative estimate of drug-likeness (QED) is 0.225. The van der Waals surface area contributed by atoms with E-state index in [1.807, 2.05) is 0 Å². The summed E-state index contributed by atoms with van der Waals surface area (Å²) in [7, 11) is 0. The monoisotopic (exact) mass is 419 g/mol. The second-order valence-corrected chi connectivity index (χ2v) is 2.90. The van der Waals surface area contributed by atoms with Crippen LogP contribution >= 0.6 is 0 Å². The number of carboxylic acid groups (broad SMARTS) is 5. The van der Waals surface area contributed by atoms with E-state index in [4.69, 9.17) is 44.7 Å². The van der Waals surface area contributed by atoms with Crippen molar-refractivity contribution in [3.63, 3.8) is 0 Å². The molecule has 0 aromatic carbocycles. The van der Waals surface area contributed by atoms with Gasteiger partial charge in [0.25, 0.3) is 0 Å². The zero-order valence-corrected chi connectivity index (χ0v) is 15.1. The predicted molar refractivity (Wildman–Crippen MR) is 72.9 cm³/mol. The van der Waals surface area contributed by atoms with E-state index < -0.39 is 29.8 Å². The average molecular weight is 419 g/mol. The third-order valence-corrected chi connectivity index (χ3v) is 0.841. The summed E-state index contributed by atoms with van der Waals surface area (Å²) in [6, 6.07) is 0. The van der Waals surface area contributed by atoms with E-state index in [0.29, 0.717) is 0 Å². The minimum absolute atomic E-state index is 0. The molecule has 0 heterocycles. The van der Waals surface area contributed by atoms with Crippen LogP contribution < -0.4 is 49.1 Å². The number of hydrogen-bond donors (Lipinski definition) is 6. The molecule has 0 radical (unpaired) electrons. The van der Waals surface area contributed by atoms with Crippen molar-refractivity contribution in [2.75, 3.05) is 32.7 Å². The molecule has 150 valence electrons. The van der Waals surface area contributed by atoms with Gasteiger partial charge < -0.3 is 73.4 Å². The van der Waals surface area contributed by atoms with Crippen molar-refractivity contribution in [2.45, 2.75) is 0 Å². The topological polar surface area (TPSA) is 328 Å². The number of aliphatic carboxylic acids is 5. The van der Waals surface area contributed by atoms with Gasteiger partial charge in [0.2, 0.25) is 0 Å². The van der Waals surface area contributed by atoms with Gasteiger partial charge >= 0.3 is 27.7 Å². The van der Waals surface area contributed by atoms with Crippen molar-refractivity contribution in [1.29, 1.82) is 0 Å². The third kappa shape index (κ3) is 154. The molecule has 0 spiro atoms. The summed E-state index contributed by atoms with van der Waals surface area (Å²) in [5.74, 6) is -5.84. The minimum Gasteiger partial charge on any atom is -0.549 e. The summed E-state index contributed by atoms with van der Waals surface area (Å²) in [4.78, 5) is 45.8. The molecule has 0 bridgehead atoms. The number of carboxylic acids is 5. The first-order valence-electron chi connectivity index (χ1n) is 5.87. The largest absolute Gasteiger partial charge is 4.00 e. The van der Waals surface area contributed by atoms with Gasteiger partial charge in [-0.15, -0.1) is 0 Å². The summed E-state index contributed by atoms with van der Waals surface area (Å²) in [5, 5.41) is 44.1. The molecule has 26 heavy (non-hydrogen) atoms. The second kappa shape index (κ2) is 34.2. The number of carbonyl (C=O) groups excluding carboxylic acids is 4. The summed E-state index contributed by atoms with van der Waals surface area (Å²) in [6.45, 7) is -1.83. The molecule has 11 N–H and O–H groups in total. The van der Waals surface area contributed by atoms with E-state index in [1.165, 1.54) is 0 Å². The summed E-state index contributed by atoms with van der Waals surface area (Å²) < 4.78 is 0. The van der Waals surface area contributed by atoms with Gasteiger partial charge in [-0.1, -0.05) is 0 Å². The molecule has 0 aromatic rings. The van der Waals surface area contributed by atoms with Crippen molar-refractivity contribution in [3.8, 4) is 0 Å². The third-order valence-electron chi connectivity index (χ3n) is 0.841. The van der Waals surface area contributed by atoms with E-state index in [2.05, 4.69) is 28.7 Å². The Morgan fingerprint density at radius 2 is 0.615 bits per heavy atom. The molecule has 15 nitrogen and oxygen atoms in total. The smallest absolute Gasteiger partial charge is 0.549 e. The SMILES string of the molecule is NCC(=O)O.NCC(=O)[O-].NCC(=O)[O-].NCC(=O)[O-].NCC(=O)[O-].[Ti+4]. The van der Waals surface area contributed by atoms with E-state index in [0.717, 1.165) is 0 Å². The Morgan fingerprint density at radius 1 is 0.538 bits per heavy atom. The van der Waals surface area contributed by atoms with Gasteiger partial charge in [-0.3, -0.25) is 4.79 Å². The van der Waals surface area contributed by atoms with Crippen molar-refractivity contribution < 1.29 is 71.2 Å². The molecule has 0 amide bonds. The maximum atomic E-state index is 9.24. The predicted octanol–water partition coefficient (Wildman–Crippen LogP) is -10.2. The van der Waals surface area contributed by atoms with E-state index in [-0.39, 0.29) is 54.4 Å². The first-order valence-corrected chi connectivity index (χ1v) is 5.87. The van der Waals surface area contributed by atoms with Crippen LogP contribution in [0.1, 0.15) is 0 Å². The zero-order chi connectivity index (χ0) is 21.4. The van der Waals surface area contributed by atoms with Crippen LogP contribution in [0, 0.1) is 0 Å². The zero-order valence-electron chi connectivity index (χ0n) is 13.5. The molecule has 0 aromatic heterocycles. The summed E-state index contributed by atoms with van der Waals surface area (Å²) >= 11 is 0. The molecule has 0 unspecified atom stereocenters. The molecule has 0 aliphatic rings. The van der Waals surface area contributed by atoms with Crippen LogP contribution in [-0.2, 0) is 45.7 Å². The Kier molecular flexibility index (Phi) is 51.5. The van der Waals surface area contributed by atoms with Crippen molar-refractivity contribution in [1.82, 2.24) is 0 Å². The first-order chi connectivity index (χ1) is 11.4. The van der Waals surface area contributed by atoms with Gasteiger partial charge in [0.1, 0.15) is 0 Å². The maximum absolute atomic E-state index is 9.24. The Hall–Kier alpha value is -2.14. The van der Waals surface area contributed by atoms with Crippen LogP contribution in [0.25, 0.3) is 0 Å². The van der Waals surface area contributed by atoms with Crippen molar-refractivity contribution >= 4 is 29.8 Å². The molecule has 0 saturated heterocycles. The fourth-order valence-electron chi connectivity index (χ4n) is 0. The molecule has 0 atom stereocenters. The van der Waals surface area contributed by atoms with Crippen LogP contribution in [0.4, 0.5) is 0 Å². The Labute approximate surface area is 163 Å². The van der Waals surface area contributed by atoms with Crippen LogP contribution in [0.5, 0.6) is 0 Å². The van der Waals surface area contributed by atoms with Gasteiger partial charge in [-0.2, -0.15) is 0 Å². The molecule has 0 saturated carbocycles. The maximum Gasteiger partial charge on any atom is 4.00 e. The molecule has 0 aliphatic carbocycles. The fourth-order valence-corrected chi connectivity index (χ4v) is 0. The first kappa shape index (κ1) is 39.1. The molecular formula is C10H21N5O10Ti. The van der Waals surface area contributed by atoms with E-state index in [9.17, 15) is 4.79 Å². The molecule has 0 aliphatic heterocycles. The normalized spacial score (nSPS) is 7.12. The fraction of sp³-hybridized carbons (Fsp3) is 0.500. The molecular weight excluding hydrogens is 398 g/mol. The Morgan fingerprint density at radius 3 is 0.615 bits per heavy atom. The average Bonchev–Trinajstić information content (AvgIpc) is 2.56. The molecule has 0 fully saturated rings. The van der Waals surface area contributed by atoms with Crippen molar-refractivity contribution in [2.24, 2.45) is 28.7 Å². The number of nitrogens with two attached hydrogens (primary N) is 5. The van der Waals surface area contributed by atoms with Gasteiger partial charge in [-0.25, -0.2) is 0 Å². The van der Waals surface area contributed by atoms with Crippen LogP contribution in [0.15, 0.2) is 0 Å². The summed E-state index contributed by atoms with van der Waals surface area (Å²) in [6.07, 6.45) is 0. The molecule has 16 heteroatoms. The van der Waals surface area contributed by atoms with Gasteiger partial charge in [0, 0.05) is 26.2 Å². The van der Waals surface area contributed by atoms with E-state index in [1.54, 1.807) is 0 Å². The van der Waals surface area contributed by atoms with Crippen molar-refractivity contribution in [3.05, 3.63) is 0 Å². The Balaban J connectivity index is -0.0000000476. The number of rotatable bonds is 5. The minimum atomic E-state index is -1.22. The van der Waals surface area contributed by atoms with Crippen LogP contribution in [0.2, 0.25) is 0 Å². The van der Waals surface area contributed by atoms with E-state index >= 15 is 0 Å². The van der Waals surface area contributed by atoms with Crippen LogP contribution in [0.3, 0.4) is 0 Å².